The number of likely N-dealkylation sites (N-methyl/N-ethyl adjacent to an activating group) is 2. The van der Waals surface area contributed by atoms with Crippen LogP contribution < -0.4 is 11.1 Å². The van der Waals surface area contributed by atoms with Gasteiger partial charge in [-0.2, -0.15) is 0 Å². The number of aliphatic hydroxyl groups is 3. The summed E-state index contributed by atoms with van der Waals surface area (Å²) in [5.41, 5.74) is 3.75. The Bertz CT molecular complexity index is 1760. The van der Waals surface area contributed by atoms with Gasteiger partial charge in [0.2, 0.25) is 11.7 Å². The average molecular weight is 615 g/mol. The number of Topliss-reactive ketones (excluding diaryl/α,β-unsaturated/α-hetero) is 2. The first-order chi connectivity index (χ1) is 21.2. The minimum absolute atomic E-state index is 0.0186. The van der Waals surface area contributed by atoms with E-state index in [4.69, 9.17) is 5.73 Å². The number of nitrogens with two attached hydrogens (primary N) is 1. The minimum atomic E-state index is -2.70. The van der Waals surface area contributed by atoms with Crippen molar-refractivity contribution in [2.24, 2.45) is 17.6 Å². The van der Waals surface area contributed by atoms with Gasteiger partial charge in [-0.05, 0) is 88.9 Å². The lowest BCUT2D eigenvalue weighted by Crippen LogP contribution is -2.65. The van der Waals surface area contributed by atoms with Gasteiger partial charge in [-0.3, -0.25) is 24.1 Å². The van der Waals surface area contributed by atoms with Crippen LogP contribution in [0.1, 0.15) is 28.7 Å². The number of ketones is 2. The molecule has 12 nitrogen and oxygen atoms in total. The number of nitrogens with one attached hydrogen (secondary N) is 1. The van der Waals surface area contributed by atoms with Crippen LogP contribution in [0.25, 0.3) is 5.76 Å². The van der Waals surface area contributed by atoms with Crippen molar-refractivity contribution >= 4 is 34.8 Å². The van der Waals surface area contributed by atoms with Crippen molar-refractivity contribution in [1.82, 2.24) is 9.80 Å². The molecule has 0 spiro atoms. The van der Waals surface area contributed by atoms with E-state index in [1.54, 1.807) is 63.4 Å². The monoisotopic (exact) mass is 614 g/mol. The van der Waals surface area contributed by atoms with Gasteiger partial charge in [0, 0.05) is 28.3 Å². The quantitative estimate of drug-likeness (QED) is 0.208. The molecular formula is C33H34N4O8. The Hall–Kier alpha value is -4.96. The number of rotatable bonds is 5. The van der Waals surface area contributed by atoms with E-state index in [-0.39, 0.29) is 42.2 Å². The molecule has 5 rings (SSSR count). The first kappa shape index (κ1) is 31.5. The van der Waals surface area contributed by atoms with Gasteiger partial charge in [-0.1, -0.05) is 11.8 Å². The van der Waals surface area contributed by atoms with Crippen LogP contribution in [0.3, 0.4) is 0 Å². The predicted molar refractivity (Wildman–Crippen MR) is 164 cm³/mol. The Morgan fingerprint density at radius 2 is 1.69 bits per heavy atom. The summed E-state index contributed by atoms with van der Waals surface area (Å²) in [5.74, 6) is -1.12. The van der Waals surface area contributed by atoms with Gasteiger partial charge in [-0.25, -0.2) is 0 Å². The Balaban J connectivity index is 1.54. The van der Waals surface area contributed by atoms with Crippen LogP contribution >= 0.6 is 0 Å². The van der Waals surface area contributed by atoms with E-state index >= 15 is 0 Å². The first-order valence-electron chi connectivity index (χ1n) is 14.2. The van der Waals surface area contributed by atoms with E-state index in [1.165, 1.54) is 11.0 Å². The van der Waals surface area contributed by atoms with Crippen molar-refractivity contribution in [2.45, 2.75) is 24.5 Å². The molecule has 7 N–H and O–H groups in total. The molecule has 1 fully saturated rings. The number of carbonyl (C=O) groups is 4. The summed E-state index contributed by atoms with van der Waals surface area (Å²) in [7, 11) is 6.68. The Morgan fingerprint density at radius 3 is 2.29 bits per heavy atom. The highest BCUT2D eigenvalue weighted by Crippen LogP contribution is 2.52. The summed E-state index contributed by atoms with van der Waals surface area (Å²) in [6.07, 6.45) is 0.110. The summed E-state index contributed by atoms with van der Waals surface area (Å²) in [4.78, 5) is 54.6. The molecule has 0 saturated heterocycles. The SMILES string of the molecule is CN(C)CC(=O)Nc1ccc(C#Cc2ccc(O)c3c2C[C@H]2C[C@H]4[C@H](N(C)C)C(=O)C(C(N)=O)=C(O)[C@@]4(O)C(=O)C2=C3O)cc1. The van der Waals surface area contributed by atoms with Crippen LogP contribution in [0.15, 0.2) is 53.3 Å². The van der Waals surface area contributed by atoms with Crippen molar-refractivity contribution in [3.05, 3.63) is 75.6 Å². The first-order valence-corrected chi connectivity index (χ1v) is 14.2. The van der Waals surface area contributed by atoms with Gasteiger partial charge < -0.3 is 36.4 Å². The Labute approximate surface area is 259 Å². The van der Waals surface area contributed by atoms with Crippen molar-refractivity contribution in [3.8, 4) is 17.6 Å². The maximum atomic E-state index is 14.0. The molecule has 0 unspecified atom stereocenters. The second-order valence-corrected chi connectivity index (χ2v) is 12.1. The third kappa shape index (κ3) is 5.25. The topological polar surface area (TPSA) is 194 Å². The molecule has 234 valence electrons. The van der Waals surface area contributed by atoms with Crippen molar-refractivity contribution in [3.63, 3.8) is 0 Å². The van der Waals surface area contributed by atoms with Crippen LogP contribution in [-0.4, -0.2) is 100.0 Å². The fraction of sp³-hybridized carbons (Fsp3) is 0.333. The third-order valence-corrected chi connectivity index (χ3v) is 8.57. The molecule has 3 aliphatic carbocycles. The molecule has 2 aromatic rings. The van der Waals surface area contributed by atoms with Crippen LogP contribution in [0, 0.1) is 23.7 Å². The zero-order valence-electron chi connectivity index (χ0n) is 25.2. The third-order valence-electron chi connectivity index (χ3n) is 8.57. The van der Waals surface area contributed by atoms with Gasteiger partial charge in [0.1, 0.15) is 22.8 Å². The predicted octanol–water partition coefficient (Wildman–Crippen LogP) is 0.864. The highest BCUT2D eigenvalue weighted by Gasteiger charge is 2.64. The molecule has 45 heavy (non-hydrogen) atoms. The van der Waals surface area contributed by atoms with Crippen molar-refractivity contribution in [2.75, 3.05) is 40.1 Å². The zero-order valence-corrected chi connectivity index (χ0v) is 25.2. The lowest BCUT2D eigenvalue weighted by molar-refractivity contribution is -0.153. The normalized spacial score (nSPS) is 24.1. The number of aliphatic hydroxyl groups excluding tert-OH is 2. The summed E-state index contributed by atoms with van der Waals surface area (Å²) in [6, 6.07) is 8.68. The van der Waals surface area contributed by atoms with Crippen molar-refractivity contribution < 1.29 is 39.6 Å². The number of anilines is 1. The summed E-state index contributed by atoms with van der Waals surface area (Å²) in [6.45, 7) is 0.238. The number of hydrogen-bond donors (Lipinski definition) is 6. The second-order valence-electron chi connectivity index (χ2n) is 12.1. The molecular weight excluding hydrogens is 580 g/mol. The Morgan fingerprint density at radius 1 is 1.02 bits per heavy atom. The summed E-state index contributed by atoms with van der Waals surface area (Å²) < 4.78 is 0. The molecule has 0 aliphatic heterocycles. The van der Waals surface area contributed by atoms with Crippen LogP contribution in [-0.2, 0) is 25.6 Å². The molecule has 2 amide bonds. The minimum Gasteiger partial charge on any atom is -0.508 e. The lowest BCUT2D eigenvalue weighted by Gasteiger charge is -2.50. The fourth-order valence-corrected chi connectivity index (χ4v) is 6.63. The number of phenols is 1. The van der Waals surface area contributed by atoms with Gasteiger partial charge in [0.05, 0.1) is 18.2 Å². The molecule has 2 aromatic carbocycles. The largest absolute Gasteiger partial charge is 0.508 e. The molecule has 0 bridgehead atoms. The molecule has 1 saturated carbocycles. The highest BCUT2D eigenvalue weighted by molar-refractivity contribution is 6.24. The molecule has 4 atom stereocenters. The summed E-state index contributed by atoms with van der Waals surface area (Å²) >= 11 is 0. The number of fused-ring (bicyclic) bond motifs is 3. The van der Waals surface area contributed by atoms with Crippen LogP contribution in [0.2, 0.25) is 0 Å². The number of hydrogen-bond acceptors (Lipinski definition) is 10. The smallest absolute Gasteiger partial charge is 0.255 e. The highest BCUT2D eigenvalue weighted by atomic mass is 16.3. The number of carbonyl (C=O) groups excluding carboxylic acids is 4. The number of benzene rings is 2. The number of phenolic OH excluding ortho intramolecular Hbond substituents is 1. The van der Waals surface area contributed by atoms with Gasteiger partial charge in [-0.15, -0.1) is 0 Å². The van der Waals surface area contributed by atoms with Gasteiger partial charge in [0.25, 0.3) is 5.91 Å². The van der Waals surface area contributed by atoms with E-state index in [9.17, 15) is 39.6 Å². The number of nitrogens with zero attached hydrogens (tertiary/aromatic N) is 2. The standard InChI is InChI=1S/C33H34N4O8/c1-36(2)15-23(39)35-19-10-6-16(7-11-19)5-8-17-9-12-22(38)25-20(17)13-18-14-21-27(37(3)4)29(41)26(32(34)44)31(43)33(21,45)30(42)24(18)28(25)40/h6-7,9-12,18,21,27,38,40,43,45H,13-15H2,1-4H3,(H2,34,44)(H,35,39)/t18-,21-,27-,33-/m0/s1. The van der Waals surface area contributed by atoms with E-state index in [0.29, 0.717) is 22.4 Å². The number of primary amides is 1. The van der Waals surface area contributed by atoms with E-state index < -0.39 is 58.0 Å². The zero-order chi connectivity index (χ0) is 33.0. The maximum absolute atomic E-state index is 14.0. The van der Waals surface area contributed by atoms with E-state index in [2.05, 4.69) is 17.2 Å². The van der Waals surface area contributed by atoms with Crippen LogP contribution in [0.4, 0.5) is 5.69 Å². The number of amides is 2. The van der Waals surface area contributed by atoms with Crippen molar-refractivity contribution in [1.29, 1.82) is 0 Å². The lowest BCUT2D eigenvalue weighted by atomic mass is 9.57. The molecule has 12 heteroatoms. The number of aromatic hydroxyl groups is 1. The molecule has 0 heterocycles. The summed E-state index contributed by atoms with van der Waals surface area (Å²) in [5, 5.41) is 47.6. The Kier molecular flexibility index (Phi) is 8.05. The van der Waals surface area contributed by atoms with E-state index in [0.717, 1.165) is 0 Å². The fourth-order valence-electron chi connectivity index (χ4n) is 6.63. The second kappa shape index (κ2) is 11.5. The molecule has 0 aromatic heterocycles. The van der Waals surface area contributed by atoms with Crippen LogP contribution in [0.5, 0.6) is 5.75 Å². The molecule has 0 radical (unpaired) electrons. The maximum Gasteiger partial charge on any atom is 0.255 e. The van der Waals surface area contributed by atoms with Gasteiger partial charge in [0.15, 0.2) is 11.4 Å². The molecule has 3 aliphatic rings. The van der Waals surface area contributed by atoms with E-state index in [1.807, 2.05) is 0 Å². The van der Waals surface area contributed by atoms with Gasteiger partial charge >= 0.3 is 0 Å². The average Bonchev–Trinajstić information content (AvgIpc) is 2.94.